The van der Waals surface area contributed by atoms with Gasteiger partial charge in [-0.3, -0.25) is 9.59 Å². The zero-order valence-corrected chi connectivity index (χ0v) is 15.9. The van der Waals surface area contributed by atoms with Crippen LogP contribution in [-0.2, 0) is 22.4 Å². The summed E-state index contributed by atoms with van der Waals surface area (Å²) < 4.78 is 5.14. The average Bonchev–Trinajstić information content (AvgIpc) is 3.10. The van der Waals surface area contributed by atoms with Gasteiger partial charge in [0.2, 0.25) is 11.8 Å². The van der Waals surface area contributed by atoms with Crippen molar-refractivity contribution in [1.29, 1.82) is 0 Å². The Morgan fingerprint density at radius 1 is 1.11 bits per heavy atom. The summed E-state index contributed by atoms with van der Waals surface area (Å²) in [5.74, 6) is 0.484. The monoisotopic (exact) mass is 366 g/mol. The molecule has 2 aromatic rings. The normalized spacial score (nSPS) is 16.4. The van der Waals surface area contributed by atoms with E-state index in [0.29, 0.717) is 13.1 Å². The molecule has 0 aliphatic carbocycles. The minimum Gasteiger partial charge on any atom is -0.497 e. The molecule has 142 valence electrons. The van der Waals surface area contributed by atoms with Crippen LogP contribution in [0.3, 0.4) is 0 Å². The van der Waals surface area contributed by atoms with Crippen LogP contribution in [0.1, 0.15) is 24.5 Å². The molecule has 27 heavy (non-hydrogen) atoms. The standard InChI is InChI=1S/C22H26N2O3/c1-3-16-4-8-19(9-5-16)24-15-18(14-21(24)25)22(26)23-13-12-17-6-10-20(27-2)11-7-17/h4-11,18H,3,12-15H2,1-2H3,(H,23,26)/t18-/m1/s1. The van der Waals surface area contributed by atoms with Gasteiger partial charge in [0.15, 0.2) is 0 Å². The number of methoxy groups -OCH3 is 1. The molecule has 0 saturated carbocycles. The first kappa shape index (κ1) is 19.0. The minimum absolute atomic E-state index is 0.00885. The van der Waals surface area contributed by atoms with Crippen molar-refractivity contribution in [3.05, 3.63) is 59.7 Å². The van der Waals surface area contributed by atoms with E-state index in [1.165, 1.54) is 5.56 Å². The van der Waals surface area contributed by atoms with Crippen LogP contribution in [0.5, 0.6) is 5.75 Å². The molecule has 0 bridgehead atoms. The maximum atomic E-state index is 12.4. The Hall–Kier alpha value is -2.82. The Morgan fingerprint density at radius 3 is 2.41 bits per heavy atom. The van der Waals surface area contributed by atoms with Gasteiger partial charge in [0, 0.05) is 25.2 Å². The lowest BCUT2D eigenvalue weighted by molar-refractivity contribution is -0.126. The van der Waals surface area contributed by atoms with E-state index >= 15 is 0 Å². The lowest BCUT2D eigenvalue weighted by atomic mass is 10.1. The van der Waals surface area contributed by atoms with Gasteiger partial charge in [0.05, 0.1) is 13.0 Å². The number of hydrogen-bond acceptors (Lipinski definition) is 3. The van der Waals surface area contributed by atoms with E-state index in [1.54, 1.807) is 12.0 Å². The number of anilines is 1. The number of nitrogens with one attached hydrogen (secondary N) is 1. The van der Waals surface area contributed by atoms with Crippen LogP contribution in [0.2, 0.25) is 0 Å². The van der Waals surface area contributed by atoms with Gasteiger partial charge in [0.25, 0.3) is 0 Å². The van der Waals surface area contributed by atoms with E-state index < -0.39 is 0 Å². The third-order valence-corrected chi connectivity index (χ3v) is 5.02. The first-order valence-corrected chi connectivity index (χ1v) is 9.40. The molecule has 1 N–H and O–H groups in total. The average molecular weight is 366 g/mol. The molecule has 1 saturated heterocycles. The van der Waals surface area contributed by atoms with Crippen LogP contribution in [0, 0.1) is 5.92 Å². The second-order valence-electron chi connectivity index (χ2n) is 6.81. The minimum atomic E-state index is -0.292. The van der Waals surface area contributed by atoms with Crippen molar-refractivity contribution in [1.82, 2.24) is 5.32 Å². The Labute approximate surface area is 160 Å². The van der Waals surface area contributed by atoms with Crippen LogP contribution in [0.15, 0.2) is 48.5 Å². The predicted molar refractivity (Wildman–Crippen MR) is 106 cm³/mol. The number of hydrogen-bond donors (Lipinski definition) is 1. The van der Waals surface area contributed by atoms with E-state index in [1.807, 2.05) is 48.5 Å². The molecule has 0 spiro atoms. The summed E-state index contributed by atoms with van der Waals surface area (Å²) in [7, 11) is 1.64. The molecule has 1 aliphatic rings. The third kappa shape index (κ3) is 4.67. The number of carbonyl (C=O) groups excluding carboxylic acids is 2. The maximum Gasteiger partial charge on any atom is 0.227 e. The van der Waals surface area contributed by atoms with Crippen molar-refractivity contribution in [2.45, 2.75) is 26.2 Å². The van der Waals surface area contributed by atoms with Gasteiger partial charge in [-0.15, -0.1) is 0 Å². The summed E-state index contributed by atoms with van der Waals surface area (Å²) in [5, 5.41) is 2.96. The van der Waals surface area contributed by atoms with E-state index in [-0.39, 0.29) is 24.2 Å². The molecule has 1 heterocycles. The van der Waals surface area contributed by atoms with Gasteiger partial charge in [-0.25, -0.2) is 0 Å². The SMILES string of the molecule is CCc1ccc(N2C[C@H](C(=O)NCCc3ccc(OC)cc3)CC2=O)cc1. The molecule has 3 rings (SSSR count). The maximum absolute atomic E-state index is 12.4. The van der Waals surface area contributed by atoms with Gasteiger partial charge >= 0.3 is 0 Å². The van der Waals surface area contributed by atoms with Crippen LogP contribution < -0.4 is 15.0 Å². The van der Waals surface area contributed by atoms with Crippen LogP contribution >= 0.6 is 0 Å². The first-order valence-electron chi connectivity index (χ1n) is 9.40. The second kappa shape index (κ2) is 8.71. The van der Waals surface area contributed by atoms with Gasteiger partial charge in [0.1, 0.15) is 5.75 Å². The fourth-order valence-electron chi connectivity index (χ4n) is 3.31. The number of ether oxygens (including phenoxy) is 1. The lowest BCUT2D eigenvalue weighted by Gasteiger charge is -2.17. The Morgan fingerprint density at radius 2 is 1.78 bits per heavy atom. The Balaban J connectivity index is 1.50. The molecule has 5 heteroatoms. The summed E-state index contributed by atoms with van der Waals surface area (Å²) in [6.07, 6.45) is 1.98. The number of carbonyl (C=O) groups is 2. The zero-order valence-electron chi connectivity index (χ0n) is 15.9. The zero-order chi connectivity index (χ0) is 19.2. The molecule has 2 amide bonds. The van der Waals surface area contributed by atoms with Gasteiger partial charge in [-0.2, -0.15) is 0 Å². The summed E-state index contributed by atoms with van der Waals surface area (Å²) in [4.78, 5) is 26.5. The fourth-order valence-corrected chi connectivity index (χ4v) is 3.31. The van der Waals surface area contributed by atoms with E-state index in [2.05, 4.69) is 12.2 Å². The smallest absolute Gasteiger partial charge is 0.227 e. The molecular formula is C22H26N2O3. The Bertz CT molecular complexity index is 784. The van der Waals surface area contributed by atoms with Crippen LogP contribution in [-0.4, -0.2) is 32.0 Å². The fraction of sp³-hybridized carbons (Fsp3) is 0.364. The van der Waals surface area contributed by atoms with Crippen molar-refractivity contribution < 1.29 is 14.3 Å². The first-order chi connectivity index (χ1) is 13.1. The van der Waals surface area contributed by atoms with E-state index in [4.69, 9.17) is 4.74 Å². The van der Waals surface area contributed by atoms with Gasteiger partial charge in [-0.1, -0.05) is 31.2 Å². The van der Waals surface area contributed by atoms with Gasteiger partial charge < -0.3 is 15.0 Å². The Kier molecular flexibility index (Phi) is 6.12. The number of rotatable bonds is 7. The largest absolute Gasteiger partial charge is 0.497 e. The number of nitrogens with zero attached hydrogens (tertiary/aromatic N) is 1. The van der Waals surface area contributed by atoms with E-state index in [0.717, 1.165) is 29.8 Å². The highest BCUT2D eigenvalue weighted by molar-refractivity contribution is 6.00. The van der Waals surface area contributed by atoms with Gasteiger partial charge in [-0.05, 0) is 48.2 Å². The highest BCUT2D eigenvalue weighted by Crippen LogP contribution is 2.25. The van der Waals surface area contributed by atoms with Crippen molar-refractivity contribution in [3.63, 3.8) is 0 Å². The number of amides is 2. The predicted octanol–water partition coefficient (Wildman–Crippen LogP) is 2.97. The molecule has 5 nitrogen and oxygen atoms in total. The van der Waals surface area contributed by atoms with Crippen molar-refractivity contribution in [3.8, 4) is 5.75 Å². The van der Waals surface area contributed by atoms with Crippen LogP contribution in [0.25, 0.3) is 0 Å². The number of aryl methyl sites for hydroxylation is 1. The molecular weight excluding hydrogens is 340 g/mol. The molecule has 0 radical (unpaired) electrons. The molecule has 0 unspecified atom stereocenters. The molecule has 0 aromatic heterocycles. The lowest BCUT2D eigenvalue weighted by Crippen LogP contribution is -2.34. The quantitative estimate of drug-likeness (QED) is 0.820. The van der Waals surface area contributed by atoms with Crippen molar-refractivity contribution in [2.75, 3.05) is 25.1 Å². The molecule has 1 fully saturated rings. The summed E-state index contributed by atoms with van der Waals surface area (Å²) in [6, 6.07) is 15.8. The van der Waals surface area contributed by atoms with Crippen molar-refractivity contribution in [2.24, 2.45) is 5.92 Å². The second-order valence-corrected chi connectivity index (χ2v) is 6.81. The molecule has 1 atom stereocenters. The summed E-state index contributed by atoms with van der Waals surface area (Å²) in [5.41, 5.74) is 3.24. The van der Waals surface area contributed by atoms with Crippen LogP contribution in [0.4, 0.5) is 5.69 Å². The number of benzene rings is 2. The summed E-state index contributed by atoms with van der Waals surface area (Å²) >= 11 is 0. The van der Waals surface area contributed by atoms with E-state index in [9.17, 15) is 9.59 Å². The third-order valence-electron chi connectivity index (χ3n) is 5.02. The molecule has 1 aliphatic heterocycles. The molecule has 2 aromatic carbocycles. The highest BCUT2D eigenvalue weighted by Gasteiger charge is 2.34. The van der Waals surface area contributed by atoms with Crippen molar-refractivity contribution >= 4 is 17.5 Å². The highest BCUT2D eigenvalue weighted by atomic mass is 16.5. The topological polar surface area (TPSA) is 58.6 Å². The summed E-state index contributed by atoms with van der Waals surface area (Å²) in [6.45, 7) is 3.10.